The van der Waals surface area contributed by atoms with Gasteiger partial charge < -0.3 is 18.2 Å². The third kappa shape index (κ3) is 3.89. The molecule has 4 aromatic heterocycles. The minimum atomic E-state index is 0.571. The summed E-state index contributed by atoms with van der Waals surface area (Å²) in [5.74, 6) is 0.571. The van der Waals surface area contributed by atoms with E-state index >= 15 is 0 Å². The maximum atomic E-state index is 6.82. The molecule has 0 bridgehead atoms. The summed E-state index contributed by atoms with van der Waals surface area (Å²) in [6, 6.07) is 50.2. The van der Waals surface area contributed by atoms with Gasteiger partial charge in [0.15, 0.2) is 11.2 Å². The number of hydrogen-bond donors (Lipinski definition) is 0. The number of thiophene rings is 1. The van der Waals surface area contributed by atoms with Crippen molar-refractivity contribution in [2.75, 3.05) is 4.90 Å². The van der Waals surface area contributed by atoms with Crippen LogP contribution in [-0.4, -0.2) is 4.98 Å². The second-order valence-corrected chi connectivity index (χ2v) is 13.3. The van der Waals surface area contributed by atoms with E-state index in [9.17, 15) is 0 Å². The van der Waals surface area contributed by atoms with Gasteiger partial charge in [-0.3, -0.25) is 0 Å². The number of para-hydroxylation sites is 4. The highest BCUT2D eigenvalue weighted by Gasteiger charge is 2.25. The largest absolute Gasteiger partial charge is 0.456 e. The van der Waals surface area contributed by atoms with Gasteiger partial charge in [0.1, 0.15) is 22.3 Å². The van der Waals surface area contributed by atoms with Crippen molar-refractivity contribution in [2.45, 2.75) is 0 Å². The molecule has 7 aromatic carbocycles. The van der Waals surface area contributed by atoms with E-state index < -0.39 is 0 Å². The molecule has 0 aliphatic rings. The van der Waals surface area contributed by atoms with Gasteiger partial charge >= 0.3 is 0 Å². The summed E-state index contributed by atoms with van der Waals surface area (Å²) >= 11 is 1.81. The number of rotatable bonds is 4. The monoisotopic (exact) mass is 648 g/mol. The molecule has 0 radical (unpaired) electrons. The Balaban J connectivity index is 1.20. The number of oxazole rings is 1. The van der Waals surface area contributed by atoms with Gasteiger partial charge in [-0.1, -0.05) is 78.9 Å². The molecule has 0 spiro atoms. The zero-order chi connectivity index (χ0) is 32.1. The summed E-state index contributed by atoms with van der Waals surface area (Å²) in [6.07, 6.45) is 0. The van der Waals surface area contributed by atoms with Gasteiger partial charge in [-0.25, -0.2) is 4.98 Å². The van der Waals surface area contributed by atoms with Gasteiger partial charge in [0, 0.05) is 48.6 Å². The maximum absolute atomic E-state index is 6.82. The van der Waals surface area contributed by atoms with E-state index in [1.807, 2.05) is 59.9 Å². The van der Waals surface area contributed by atoms with Crippen LogP contribution in [0, 0.1) is 0 Å². The van der Waals surface area contributed by atoms with Crippen LogP contribution in [0.3, 0.4) is 0 Å². The Morgan fingerprint density at radius 3 is 2.12 bits per heavy atom. The predicted molar refractivity (Wildman–Crippen MR) is 202 cm³/mol. The van der Waals surface area contributed by atoms with Crippen LogP contribution in [-0.2, 0) is 0 Å². The first-order chi connectivity index (χ1) is 24.3. The Hall–Kier alpha value is -6.37. The molecule has 0 atom stereocenters. The van der Waals surface area contributed by atoms with Crippen LogP contribution >= 0.6 is 11.3 Å². The second-order valence-electron chi connectivity index (χ2n) is 12.3. The Bertz CT molecular complexity index is 3060. The Labute approximate surface area is 282 Å². The average molecular weight is 649 g/mol. The molecule has 11 rings (SSSR count). The predicted octanol–water partition coefficient (Wildman–Crippen LogP) is 13.1. The fourth-order valence-electron chi connectivity index (χ4n) is 7.34. The minimum Gasteiger partial charge on any atom is -0.456 e. The standard InChI is InChI=1S/C43H24N2O3S/c1-4-18-35-26(10-1)27-23-22-25(24-38(27)46-35)45(34-17-7-12-29-28-11-2-6-21-39(28)49-42(29)34)33-16-8-13-30-40-31(14-9-20-37(40)47-41(30)33)43-44-32-15-3-5-19-36(32)48-43/h1-24H. The molecule has 230 valence electrons. The van der Waals surface area contributed by atoms with Crippen LogP contribution in [0.25, 0.3) is 86.6 Å². The molecular formula is C43H24N2O3S. The van der Waals surface area contributed by atoms with Crippen molar-refractivity contribution in [1.82, 2.24) is 4.98 Å². The van der Waals surface area contributed by atoms with E-state index in [1.54, 1.807) is 0 Å². The topological polar surface area (TPSA) is 55.6 Å². The third-order valence-corrected chi connectivity index (χ3v) is 10.7. The lowest BCUT2D eigenvalue weighted by molar-refractivity contribution is 0.620. The van der Waals surface area contributed by atoms with E-state index in [1.165, 1.54) is 20.2 Å². The Morgan fingerprint density at radius 2 is 1.20 bits per heavy atom. The summed E-state index contributed by atoms with van der Waals surface area (Å²) in [5, 5.41) is 6.63. The van der Waals surface area contributed by atoms with E-state index in [2.05, 4.69) is 102 Å². The number of anilines is 3. The SMILES string of the molecule is c1ccc2oc(-c3cccc4oc5c(N(c6ccc7c(c6)oc6ccccc67)c6cccc7c6sc6ccccc67)cccc5c34)nc2c1. The zero-order valence-corrected chi connectivity index (χ0v) is 26.7. The first-order valence-corrected chi connectivity index (χ1v) is 17.0. The molecule has 0 saturated carbocycles. The van der Waals surface area contributed by atoms with Crippen molar-refractivity contribution >= 4 is 104 Å². The molecule has 49 heavy (non-hydrogen) atoms. The zero-order valence-electron chi connectivity index (χ0n) is 25.9. The number of furan rings is 2. The first kappa shape index (κ1) is 26.7. The molecule has 4 heterocycles. The molecule has 11 aromatic rings. The molecule has 5 nitrogen and oxygen atoms in total. The highest BCUT2D eigenvalue weighted by molar-refractivity contribution is 7.26. The number of nitrogens with zero attached hydrogens (tertiary/aromatic N) is 2. The normalized spacial score (nSPS) is 12.1. The maximum Gasteiger partial charge on any atom is 0.228 e. The van der Waals surface area contributed by atoms with Gasteiger partial charge in [0.05, 0.1) is 21.8 Å². The van der Waals surface area contributed by atoms with Crippen molar-refractivity contribution in [3.63, 3.8) is 0 Å². The molecule has 6 heteroatoms. The Kier molecular flexibility index (Phi) is 5.48. The van der Waals surface area contributed by atoms with E-state index in [-0.39, 0.29) is 0 Å². The van der Waals surface area contributed by atoms with Crippen molar-refractivity contribution in [2.24, 2.45) is 0 Å². The van der Waals surface area contributed by atoms with Gasteiger partial charge in [0.25, 0.3) is 0 Å². The molecule has 0 aliphatic carbocycles. The Morgan fingerprint density at radius 1 is 0.490 bits per heavy atom. The quantitative estimate of drug-likeness (QED) is 0.190. The molecule has 0 fully saturated rings. The molecule has 0 unspecified atom stereocenters. The highest BCUT2D eigenvalue weighted by atomic mass is 32.1. The smallest absolute Gasteiger partial charge is 0.228 e. The fraction of sp³-hybridized carbons (Fsp3) is 0. The lowest BCUT2D eigenvalue weighted by Crippen LogP contribution is -2.10. The van der Waals surface area contributed by atoms with Crippen LogP contribution in [0.5, 0.6) is 0 Å². The number of benzene rings is 7. The van der Waals surface area contributed by atoms with E-state index in [0.717, 1.165) is 77.6 Å². The van der Waals surface area contributed by atoms with E-state index in [4.69, 9.17) is 18.2 Å². The first-order valence-electron chi connectivity index (χ1n) is 16.2. The van der Waals surface area contributed by atoms with Gasteiger partial charge in [-0.2, -0.15) is 0 Å². The molecule has 0 N–H and O–H groups in total. The summed E-state index contributed by atoms with van der Waals surface area (Å²) in [7, 11) is 0. The number of hydrogen-bond acceptors (Lipinski definition) is 6. The van der Waals surface area contributed by atoms with Crippen LogP contribution < -0.4 is 4.90 Å². The molecular weight excluding hydrogens is 625 g/mol. The molecule has 0 aliphatic heterocycles. The summed E-state index contributed by atoms with van der Waals surface area (Å²) < 4.78 is 22.0. The van der Waals surface area contributed by atoms with E-state index in [0.29, 0.717) is 5.89 Å². The van der Waals surface area contributed by atoms with Gasteiger partial charge in [-0.15, -0.1) is 11.3 Å². The summed E-state index contributed by atoms with van der Waals surface area (Å²) in [6.45, 7) is 0. The minimum absolute atomic E-state index is 0.571. The van der Waals surface area contributed by atoms with Crippen molar-refractivity contribution in [1.29, 1.82) is 0 Å². The van der Waals surface area contributed by atoms with Gasteiger partial charge in [-0.05, 0) is 60.7 Å². The fourth-order valence-corrected chi connectivity index (χ4v) is 8.55. The van der Waals surface area contributed by atoms with Crippen molar-refractivity contribution in [3.05, 3.63) is 146 Å². The van der Waals surface area contributed by atoms with Crippen molar-refractivity contribution in [3.8, 4) is 11.5 Å². The second kappa shape index (κ2) is 10.1. The van der Waals surface area contributed by atoms with Crippen LogP contribution in [0.4, 0.5) is 17.1 Å². The average Bonchev–Trinajstić information content (AvgIpc) is 3.93. The van der Waals surface area contributed by atoms with Crippen LogP contribution in [0.2, 0.25) is 0 Å². The number of fused-ring (bicyclic) bond motifs is 10. The third-order valence-electron chi connectivity index (χ3n) is 9.51. The lowest BCUT2D eigenvalue weighted by atomic mass is 10.0. The lowest BCUT2D eigenvalue weighted by Gasteiger charge is -2.26. The molecule has 0 amide bonds. The summed E-state index contributed by atoms with van der Waals surface area (Å²) in [5.41, 5.74) is 8.71. The highest BCUT2D eigenvalue weighted by Crippen LogP contribution is 2.49. The molecule has 0 saturated heterocycles. The summed E-state index contributed by atoms with van der Waals surface area (Å²) in [4.78, 5) is 7.16. The van der Waals surface area contributed by atoms with Gasteiger partial charge in [0.2, 0.25) is 5.89 Å². The number of aromatic nitrogens is 1. The van der Waals surface area contributed by atoms with Crippen molar-refractivity contribution < 1.29 is 13.3 Å². The van der Waals surface area contributed by atoms with Crippen LogP contribution in [0.1, 0.15) is 0 Å². The van der Waals surface area contributed by atoms with Crippen LogP contribution in [0.15, 0.2) is 159 Å².